The van der Waals surface area contributed by atoms with Crippen molar-refractivity contribution >= 4 is 41.5 Å². The largest absolute Gasteiger partial charge is 0.357 e. The van der Waals surface area contributed by atoms with Crippen molar-refractivity contribution < 1.29 is 4.52 Å². The molecule has 0 aliphatic rings. The fraction of sp³-hybridized carbons (Fsp3) is 0.438. The van der Waals surface area contributed by atoms with Crippen molar-refractivity contribution in [1.82, 2.24) is 20.8 Å². The quantitative estimate of drug-likeness (QED) is 0.373. The van der Waals surface area contributed by atoms with Crippen LogP contribution < -0.4 is 10.6 Å². The van der Waals surface area contributed by atoms with E-state index in [1.165, 1.54) is 0 Å². The van der Waals surface area contributed by atoms with Gasteiger partial charge < -0.3 is 15.2 Å². The second-order valence-corrected chi connectivity index (χ2v) is 5.39. The molecule has 0 amide bonds. The van der Waals surface area contributed by atoms with Crippen LogP contribution in [0.25, 0.3) is 11.4 Å². The zero-order valence-electron chi connectivity index (χ0n) is 13.9. The van der Waals surface area contributed by atoms with Crippen molar-refractivity contribution in [2.24, 2.45) is 4.99 Å². The first-order chi connectivity index (χ1) is 11.2. The molecule has 0 saturated carbocycles. The first kappa shape index (κ1) is 20.7. The van der Waals surface area contributed by atoms with E-state index >= 15 is 0 Å². The maximum Gasteiger partial charge on any atom is 0.228 e. The molecule has 0 radical (unpaired) electrons. The van der Waals surface area contributed by atoms with Gasteiger partial charge in [0.25, 0.3) is 0 Å². The second-order valence-electron chi connectivity index (χ2n) is 4.96. The van der Waals surface area contributed by atoms with E-state index < -0.39 is 0 Å². The molecule has 0 saturated heterocycles. The Morgan fingerprint density at radius 3 is 2.62 bits per heavy atom. The minimum absolute atomic E-state index is 0. The molecule has 0 aliphatic carbocycles. The third-order valence-electron chi connectivity index (χ3n) is 3.04. The monoisotopic (exact) mass is 463 g/mol. The maximum absolute atomic E-state index is 5.87. The van der Waals surface area contributed by atoms with Crippen LogP contribution in [0.1, 0.15) is 26.2 Å². The van der Waals surface area contributed by atoms with E-state index in [2.05, 4.69) is 32.7 Å². The van der Waals surface area contributed by atoms with Crippen LogP contribution in [0.3, 0.4) is 0 Å². The summed E-state index contributed by atoms with van der Waals surface area (Å²) >= 11 is 5.87. The predicted octanol–water partition coefficient (Wildman–Crippen LogP) is 3.52. The van der Waals surface area contributed by atoms with Gasteiger partial charge in [0.2, 0.25) is 11.7 Å². The Balaban J connectivity index is 0.00000288. The Bertz CT molecular complexity index is 630. The second kappa shape index (κ2) is 11.2. The van der Waals surface area contributed by atoms with Gasteiger partial charge in [-0.15, -0.1) is 24.0 Å². The predicted molar refractivity (Wildman–Crippen MR) is 108 cm³/mol. The molecule has 0 fully saturated rings. The number of hydrogen-bond donors (Lipinski definition) is 2. The smallest absolute Gasteiger partial charge is 0.228 e. The van der Waals surface area contributed by atoms with Crippen molar-refractivity contribution in [3.05, 3.63) is 35.2 Å². The lowest BCUT2D eigenvalue weighted by molar-refractivity contribution is 0.378. The van der Waals surface area contributed by atoms with E-state index in [4.69, 9.17) is 16.1 Å². The van der Waals surface area contributed by atoms with Gasteiger partial charge in [-0.25, -0.2) is 0 Å². The molecule has 2 rings (SSSR count). The number of nitrogens with zero attached hydrogens (tertiary/aromatic N) is 3. The summed E-state index contributed by atoms with van der Waals surface area (Å²) in [6.45, 7) is 6.45. The lowest BCUT2D eigenvalue weighted by Gasteiger charge is -2.09. The average Bonchev–Trinajstić information content (AvgIpc) is 3.02. The van der Waals surface area contributed by atoms with Crippen molar-refractivity contribution in [3.63, 3.8) is 0 Å². The maximum atomic E-state index is 5.87. The van der Waals surface area contributed by atoms with E-state index in [1.807, 2.05) is 19.1 Å². The van der Waals surface area contributed by atoms with E-state index in [0.717, 1.165) is 31.0 Å². The number of hydrogen-bond acceptors (Lipinski definition) is 4. The molecule has 24 heavy (non-hydrogen) atoms. The Hall–Kier alpha value is -1.35. The fourth-order valence-corrected chi connectivity index (χ4v) is 2.05. The highest BCUT2D eigenvalue weighted by Crippen LogP contribution is 2.18. The third-order valence-corrected chi connectivity index (χ3v) is 3.29. The molecule has 1 aromatic carbocycles. The van der Waals surface area contributed by atoms with Crippen molar-refractivity contribution in [2.75, 3.05) is 19.6 Å². The number of guanidine groups is 1. The average molecular weight is 464 g/mol. The van der Waals surface area contributed by atoms with Crippen molar-refractivity contribution in [3.8, 4) is 11.4 Å². The summed E-state index contributed by atoms with van der Waals surface area (Å²) in [4.78, 5) is 8.83. The summed E-state index contributed by atoms with van der Waals surface area (Å²) in [6.07, 6.45) is 1.65. The van der Waals surface area contributed by atoms with Crippen LogP contribution in [0.2, 0.25) is 5.02 Å². The van der Waals surface area contributed by atoms with E-state index in [0.29, 0.717) is 29.7 Å². The number of aliphatic imine (C=N–C) groups is 1. The first-order valence-corrected chi connectivity index (χ1v) is 8.21. The lowest BCUT2D eigenvalue weighted by Crippen LogP contribution is -2.38. The van der Waals surface area contributed by atoms with E-state index in [1.54, 1.807) is 12.1 Å². The van der Waals surface area contributed by atoms with Gasteiger partial charge in [0.05, 0.1) is 0 Å². The highest BCUT2D eigenvalue weighted by molar-refractivity contribution is 14.0. The SMILES string of the molecule is CCCN=C(NCC)NCCc1nc(-c2ccc(Cl)cc2)no1.I. The van der Waals surface area contributed by atoms with Gasteiger partial charge in [0.15, 0.2) is 5.96 Å². The number of halogens is 2. The molecule has 6 nitrogen and oxygen atoms in total. The Morgan fingerprint density at radius 2 is 1.96 bits per heavy atom. The topological polar surface area (TPSA) is 75.3 Å². The van der Waals surface area contributed by atoms with Crippen LogP contribution >= 0.6 is 35.6 Å². The number of rotatable bonds is 7. The fourth-order valence-electron chi connectivity index (χ4n) is 1.93. The van der Waals surface area contributed by atoms with Gasteiger partial charge in [0.1, 0.15) is 0 Å². The molecular weight excluding hydrogens is 441 g/mol. The van der Waals surface area contributed by atoms with Crippen LogP contribution in [0.4, 0.5) is 0 Å². The van der Waals surface area contributed by atoms with Gasteiger partial charge >= 0.3 is 0 Å². The summed E-state index contributed by atoms with van der Waals surface area (Å²) in [5.41, 5.74) is 0.884. The van der Waals surface area contributed by atoms with Gasteiger partial charge in [-0.2, -0.15) is 4.98 Å². The molecule has 0 atom stereocenters. The summed E-state index contributed by atoms with van der Waals surface area (Å²) in [6, 6.07) is 7.36. The van der Waals surface area contributed by atoms with E-state index in [9.17, 15) is 0 Å². The summed E-state index contributed by atoms with van der Waals surface area (Å²) in [5.74, 6) is 1.98. The number of benzene rings is 1. The zero-order chi connectivity index (χ0) is 16.5. The Morgan fingerprint density at radius 1 is 1.21 bits per heavy atom. The summed E-state index contributed by atoms with van der Waals surface area (Å²) in [7, 11) is 0. The molecule has 2 N–H and O–H groups in total. The van der Waals surface area contributed by atoms with Crippen LogP contribution in [0.15, 0.2) is 33.8 Å². The van der Waals surface area contributed by atoms with Crippen molar-refractivity contribution in [2.45, 2.75) is 26.7 Å². The Labute approximate surface area is 164 Å². The first-order valence-electron chi connectivity index (χ1n) is 7.83. The van der Waals surface area contributed by atoms with Gasteiger partial charge in [0, 0.05) is 36.6 Å². The van der Waals surface area contributed by atoms with Crippen LogP contribution in [-0.4, -0.2) is 35.7 Å². The minimum atomic E-state index is 0. The van der Waals surface area contributed by atoms with Crippen molar-refractivity contribution in [1.29, 1.82) is 0 Å². The summed E-state index contributed by atoms with van der Waals surface area (Å²) < 4.78 is 5.28. The molecular formula is C16H23ClIN5O. The molecule has 132 valence electrons. The standard InChI is InChI=1S/C16H22ClN5O.HI/c1-3-10-19-16(18-4-2)20-11-9-14-21-15(22-23-14)12-5-7-13(17)8-6-12;/h5-8H,3-4,9-11H2,1-2H3,(H2,18,19,20);1H. The molecule has 0 spiro atoms. The van der Waals surface area contributed by atoms with Crippen LogP contribution in [-0.2, 0) is 6.42 Å². The number of aromatic nitrogens is 2. The lowest BCUT2D eigenvalue weighted by atomic mass is 10.2. The molecule has 2 aromatic rings. The molecule has 0 unspecified atom stereocenters. The zero-order valence-corrected chi connectivity index (χ0v) is 17.0. The summed E-state index contributed by atoms with van der Waals surface area (Å²) in [5, 5.41) is 11.1. The molecule has 8 heteroatoms. The number of nitrogens with one attached hydrogen (secondary N) is 2. The molecule has 0 bridgehead atoms. The van der Waals surface area contributed by atoms with E-state index in [-0.39, 0.29) is 24.0 Å². The normalized spacial score (nSPS) is 11.0. The van der Waals surface area contributed by atoms with Gasteiger partial charge in [-0.1, -0.05) is 23.7 Å². The minimum Gasteiger partial charge on any atom is -0.357 e. The Kier molecular flexibility index (Phi) is 9.70. The van der Waals surface area contributed by atoms with Crippen LogP contribution in [0, 0.1) is 0 Å². The molecule has 1 aromatic heterocycles. The van der Waals surface area contributed by atoms with Gasteiger partial charge in [-0.05, 0) is 37.6 Å². The van der Waals surface area contributed by atoms with Gasteiger partial charge in [-0.3, -0.25) is 4.99 Å². The highest BCUT2D eigenvalue weighted by Gasteiger charge is 2.08. The molecule has 1 heterocycles. The third kappa shape index (κ3) is 6.64. The highest BCUT2D eigenvalue weighted by atomic mass is 127. The molecule has 0 aliphatic heterocycles. The van der Waals surface area contributed by atoms with Crippen LogP contribution in [0.5, 0.6) is 0 Å².